The van der Waals surface area contributed by atoms with Crippen molar-refractivity contribution < 1.29 is 4.79 Å². The summed E-state index contributed by atoms with van der Waals surface area (Å²) in [6.07, 6.45) is 0.224. The minimum absolute atomic E-state index is 0.00154. The number of benzene rings is 2. The van der Waals surface area contributed by atoms with Crippen molar-refractivity contribution in [3.8, 4) is 0 Å². The fourth-order valence-corrected chi connectivity index (χ4v) is 2.49. The van der Waals surface area contributed by atoms with Crippen LogP contribution in [-0.4, -0.2) is 5.78 Å². The molecule has 0 aliphatic carbocycles. The number of rotatable bonds is 3. The number of carbonyl (C=O) groups excluding carboxylic acids is 1. The van der Waals surface area contributed by atoms with E-state index in [1.54, 1.807) is 36.4 Å². The Bertz CT molecular complexity index is 635. The smallest absolute Gasteiger partial charge is 0.167 e. The summed E-state index contributed by atoms with van der Waals surface area (Å²) in [5.41, 5.74) is 2.24. The van der Waals surface area contributed by atoms with Gasteiger partial charge in [-0.25, -0.2) is 0 Å². The maximum atomic E-state index is 12.3. The van der Waals surface area contributed by atoms with Crippen molar-refractivity contribution in [2.24, 2.45) is 0 Å². The molecule has 0 heterocycles. The minimum atomic E-state index is -0.00154. The molecular formula is C15H11Cl3O. The van der Waals surface area contributed by atoms with Crippen LogP contribution in [0.25, 0.3) is 0 Å². The molecule has 0 fully saturated rings. The molecule has 0 aromatic heterocycles. The maximum Gasteiger partial charge on any atom is 0.167 e. The molecule has 1 nitrogen and oxygen atoms in total. The molecule has 0 aliphatic heterocycles. The molecule has 2 rings (SSSR count). The van der Waals surface area contributed by atoms with Gasteiger partial charge < -0.3 is 0 Å². The van der Waals surface area contributed by atoms with Crippen molar-refractivity contribution in [2.45, 2.75) is 13.3 Å². The quantitative estimate of drug-likeness (QED) is 0.695. The standard InChI is InChI=1S/C15H11Cl3O/c1-9-6-11(16)2-4-13(9)15(19)8-10-7-12(17)3-5-14(10)18/h2-7H,8H2,1H3. The highest BCUT2D eigenvalue weighted by atomic mass is 35.5. The molecule has 98 valence electrons. The molecule has 0 N–H and O–H groups in total. The van der Waals surface area contributed by atoms with E-state index >= 15 is 0 Å². The minimum Gasteiger partial charge on any atom is -0.294 e. The fourth-order valence-electron chi connectivity index (χ4n) is 1.89. The highest BCUT2D eigenvalue weighted by Crippen LogP contribution is 2.23. The van der Waals surface area contributed by atoms with Gasteiger partial charge in [-0.1, -0.05) is 34.8 Å². The third kappa shape index (κ3) is 3.50. The van der Waals surface area contributed by atoms with E-state index in [4.69, 9.17) is 34.8 Å². The van der Waals surface area contributed by atoms with Gasteiger partial charge in [0.05, 0.1) is 0 Å². The van der Waals surface area contributed by atoms with E-state index in [-0.39, 0.29) is 12.2 Å². The van der Waals surface area contributed by atoms with Gasteiger partial charge in [-0.05, 0) is 54.4 Å². The van der Waals surface area contributed by atoms with E-state index < -0.39 is 0 Å². The van der Waals surface area contributed by atoms with E-state index in [0.29, 0.717) is 20.6 Å². The van der Waals surface area contributed by atoms with Crippen LogP contribution in [0.3, 0.4) is 0 Å². The molecular weight excluding hydrogens is 303 g/mol. The largest absolute Gasteiger partial charge is 0.294 e. The molecule has 0 amide bonds. The van der Waals surface area contributed by atoms with Crippen LogP contribution in [0.4, 0.5) is 0 Å². The lowest BCUT2D eigenvalue weighted by atomic mass is 9.99. The number of Topliss-reactive ketones (excluding diaryl/α,β-unsaturated/α-hetero) is 1. The Balaban J connectivity index is 2.28. The molecule has 0 radical (unpaired) electrons. The summed E-state index contributed by atoms with van der Waals surface area (Å²) in [5.74, 6) is -0.00154. The first-order chi connectivity index (χ1) is 8.97. The zero-order valence-corrected chi connectivity index (χ0v) is 12.5. The molecule has 4 heteroatoms. The highest BCUT2D eigenvalue weighted by Gasteiger charge is 2.12. The number of carbonyl (C=O) groups is 1. The molecule has 0 bridgehead atoms. The Morgan fingerprint density at radius 1 is 1.00 bits per heavy atom. The summed E-state index contributed by atoms with van der Waals surface area (Å²) in [5, 5.41) is 1.74. The molecule has 2 aromatic rings. The van der Waals surface area contributed by atoms with Gasteiger partial charge in [-0.2, -0.15) is 0 Å². The van der Waals surface area contributed by atoms with Crippen LogP contribution in [0.1, 0.15) is 21.5 Å². The van der Waals surface area contributed by atoms with Gasteiger partial charge >= 0.3 is 0 Å². The number of hydrogen-bond donors (Lipinski definition) is 0. The second-order valence-corrected chi connectivity index (χ2v) is 5.57. The summed E-state index contributed by atoms with van der Waals surface area (Å²) >= 11 is 17.8. The second-order valence-electron chi connectivity index (χ2n) is 4.29. The third-order valence-corrected chi connectivity index (χ3v) is 3.69. The highest BCUT2D eigenvalue weighted by molar-refractivity contribution is 6.33. The van der Waals surface area contributed by atoms with Crippen molar-refractivity contribution >= 4 is 40.6 Å². The Morgan fingerprint density at radius 3 is 2.32 bits per heavy atom. The van der Waals surface area contributed by atoms with Crippen LogP contribution in [-0.2, 0) is 6.42 Å². The van der Waals surface area contributed by atoms with E-state index in [9.17, 15) is 4.79 Å². The molecule has 0 spiro atoms. The topological polar surface area (TPSA) is 17.1 Å². The Hall–Kier alpha value is -1.02. The summed E-state index contributed by atoms with van der Waals surface area (Å²) in [6.45, 7) is 1.86. The summed E-state index contributed by atoms with van der Waals surface area (Å²) < 4.78 is 0. The normalized spacial score (nSPS) is 10.5. The van der Waals surface area contributed by atoms with Gasteiger partial charge in [0, 0.05) is 27.1 Å². The Kier molecular flexibility index (Phi) is 4.51. The molecule has 0 unspecified atom stereocenters. The first-order valence-electron chi connectivity index (χ1n) is 5.70. The number of aryl methyl sites for hydroxylation is 1. The molecule has 0 saturated heterocycles. The van der Waals surface area contributed by atoms with Crippen molar-refractivity contribution in [1.82, 2.24) is 0 Å². The first kappa shape index (κ1) is 14.4. The SMILES string of the molecule is Cc1cc(Cl)ccc1C(=O)Cc1cc(Cl)ccc1Cl. The molecule has 2 aromatic carbocycles. The monoisotopic (exact) mass is 312 g/mol. The van der Waals surface area contributed by atoms with Gasteiger partial charge in [0.2, 0.25) is 0 Å². The summed E-state index contributed by atoms with van der Waals surface area (Å²) in [7, 11) is 0. The lowest BCUT2D eigenvalue weighted by Crippen LogP contribution is -2.06. The third-order valence-electron chi connectivity index (χ3n) is 2.85. The van der Waals surface area contributed by atoms with E-state index in [0.717, 1.165) is 11.1 Å². The number of hydrogen-bond acceptors (Lipinski definition) is 1. The van der Waals surface area contributed by atoms with Crippen molar-refractivity contribution in [3.63, 3.8) is 0 Å². The Morgan fingerprint density at radius 2 is 1.63 bits per heavy atom. The van der Waals surface area contributed by atoms with Gasteiger partial charge in [0.1, 0.15) is 0 Å². The van der Waals surface area contributed by atoms with Crippen LogP contribution in [0.15, 0.2) is 36.4 Å². The van der Waals surface area contributed by atoms with Crippen LogP contribution in [0.5, 0.6) is 0 Å². The number of halogens is 3. The lowest BCUT2D eigenvalue weighted by molar-refractivity contribution is 0.0992. The van der Waals surface area contributed by atoms with Gasteiger partial charge in [-0.3, -0.25) is 4.79 Å². The second kappa shape index (κ2) is 5.96. The van der Waals surface area contributed by atoms with Crippen LogP contribution in [0, 0.1) is 6.92 Å². The first-order valence-corrected chi connectivity index (χ1v) is 6.84. The fraction of sp³-hybridized carbons (Fsp3) is 0.133. The van der Waals surface area contributed by atoms with Crippen molar-refractivity contribution in [1.29, 1.82) is 0 Å². The van der Waals surface area contributed by atoms with E-state index in [1.807, 2.05) is 6.92 Å². The van der Waals surface area contributed by atoms with Gasteiger partial charge in [0.25, 0.3) is 0 Å². The van der Waals surface area contributed by atoms with Gasteiger partial charge in [-0.15, -0.1) is 0 Å². The van der Waals surface area contributed by atoms with E-state index in [1.165, 1.54) is 0 Å². The van der Waals surface area contributed by atoms with Crippen molar-refractivity contribution in [2.75, 3.05) is 0 Å². The Labute approximate surface area is 127 Å². The van der Waals surface area contributed by atoms with Crippen LogP contribution >= 0.6 is 34.8 Å². The maximum absolute atomic E-state index is 12.3. The zero-order chi connectivity index (χ0) is 14.0. The van der Waals surface area contributed by atoms with Crippen LogP contribution < -0.4 is 0 Å². The number of ketones is 1. The molecule has 0 aliphatic rings. The molecule has 0 atom stereocenters. The average Bonchev–Trinajstić information content (AvgIpc) is 2.33. The van der Waals surface area contributed by atoms with Gasteiger partial charge in [0.15, 0.2) is 5.78 Å². The van der Waals surface area contributed by atoms with Crippen molar-refractivity contribution in [3.05, 3.63) is 68.2 Å². The summed E-state index contributed by atoms with van der Waals surface area (Å²) in [6, 6.07) is 10.3. The predicted octanol–water partition coefficient (Wildman–Crippen LogP) is 5.38. The van der Waals surface area contributed by atoms with E-state index in [2.05, 4.69) is 0 Å². The average molecular weight is 314 g/mol. The zero-order valence-electron chi connectivity index (χ0n) is 10.2. The van der Waals surface area contributed by atoms with Crippen LogP contribution in [0.2, 0.25) is 15.1 Å². The molecule has 19 heavy (non-hydrogen) atoms. The lowest BCUT2D eigenvalue weighted by Gasteiger charge is -2.07. The predicted molar refractivity (Wildman–Crippen MR) is 80.7 cm³/mol. The summed E-state index contributed by atoms with van der Waals surface area (Å²) in [4.78, 5) is 12.3. The molecule has 0 saturated carbocycles.